The smallest absolute Gasteiger partial charge is 0.135 e. The Morgan fingerprint density at radius 3 is 2.73 bits per heavy atom. The molecule has 58 valence electrons. The third kappa shape index (κ3) is 1.48. The van der Waals surface area contributed by atoms with E-state index in [-0.39, 0.29) is 0 Å². The van der Waals surface area contributed by atoms with Gasteiger partial charge in [0.1, 0.15) is 10.3 Å². The van der Waals surface area contributed by atoms with Crippen LogP contribution in [0.4, 0.5) is 0 Å². The zero-order valence-electron chi connectivity index (χ0n) is 5.64. The van der Waals surface area contributed by atoms with Gasteiger partial charge >= 0.3 is 0 Å². The van der Waals surface area contributed by atoms with Gasteiger partial charge in [0, 0.05) is 18.2 Å². The van der Waals surface area contributed by atoms with Crippen molar-refractivity contribution in [2.24, 2.45) is 0 Å². The lowest BCUT2D eigenvalue weighted by Gasteiger charge is -1.98. The maximum atomic E-state index is 5.83. The summed E-state index contributed by atoms with van der Waals surface area (Å²) in [6.45, 7) is 0.989. The molecule has 0 bridgehead atoms. The summed E-state index contributed by atoms with van der Waals surface area (Å²) in [7, 11) is 0. The molecule has 0 saturated carbocycles. The van der Waals surface area contributed by atoms with E-state index in [1.54, 1.807) is 6.07 Å². The summed E-state index contributed by atoms with van der Waals surface area (Å²) in [5.41, 5.74) is 1.04. The summed E-state index contributed by atoms with van der Waals surface area (Å²) < 4.78 is 0. The first kappa shape index (κ1) is 7.35. The van der Waals surface area contributed by atoms with E-state index in [1.807, 2.05) is 6.07 Å². The second kappa shape index (κ2) is 2.63. The highest BCUT2D eigenvalue weighted by atomic mass is 35.5. The molecule has 1 aromatic heterocycles. The summed E-state index contributed by atoms with van der Waals surface area (Å²) >= 11 is 11.5. The van der Waals surface area contributed by atoms with Crippen LogP contribution in [-0.4, -0.2) is 11.5 Å². The highest BCUT2D eigenvalue weighted by Crippen LogP contribution is 2.28. The second-order valence-corrected chi connectivity index (χ2v) is 3.22. The molecule has 1 fully saturated rings. The lowest BCUT2D eigenvalue weighted by atomic mass is 10.2. The summed E-state index contributed by atoms with van der Waals surface area (Å²) in [6.07, 6.45) is 0. The van der Waals surface area contributed by atoms with Crippen LogP contribution in [0.15, 0.2) is 12.1 Å². The van der Waals surface area contributed by atoms with E-state index in [0.29, 0.717) is 16.3 Å². The summed E-state index contributed by atoms with van der Waals surface area (Å²) in [5, 5.41) is 4.09. The lowest BCUT2D eigenvalue weighted by Crippen LogP contribution is -1.88. The van der Waals surface area contributed by atoms with Crippen molar-refractivity contribution in [3.05, 3.63) is 28.0 Å². The minimum atomic E-state index is 0.396. The van der Waals surface area contributed by atoms with Gasteiger partial charge in [-0.15, -0.1) is 0 Å². The highest BCUT2D eigenvalue weighted by molar-refractivity contribution is 6.32. The molecular formula is C7H6Cl2N2. The molecule has 2 nitrogen and oxygen atoms in total. The van der Waals surface area contributed by atoms with Gasteiger partial charge in [-0.2, -0.15) is 0 Å². The van der Waals surface area contributed by atoms with Gasteiger partial charge < -0.3 is 5.32 Å². The largest absolute Gasteiger partial charge is 0.307 e. The Kier molecular flexibility index (Phi) is 1.75. The predicted molar refractivity (Wildman–Crippen MR) is 45.0 cm³/mol. The number of halogens is 2. The minimum Gasteiger partial charge on any atom is -0.307 e. The van der Waals surface area contributed by atoms with E-state index < -0.39 is 0 Å². The second-order valence-electron chi connectivity index (χ2n) is 2.47. The summed E-state index contributed by atoms with van der Waals surface area (Å²) in [5.74, 6) is 0. The molecular weight excluding hydrogens is 183 g/mol. The first-order valence-electron chi connectivity index (χ1n) is 3.33. The van der Waals surface area contributed by atoms with E-state index in [1.165, 1.54) is 0 Å². The Bertz CT molecular complexity index is 284. The maximum absolute atomic E-state index is 5.83. The van der Waals surface area contributed by atoms with Crippen molar-refractivity contribution >= 4 is 23.2 Å². The zero-order valence-corrected chi connectivity index (χ0v) is 7.15. The number of pyridine rings is 1. The third-order valence-corrected chi connectivity index (χ3v) is 2.14. The Balaban J connectivity index is 2.39. The number of nitrogens with zero attached hydrogens (tertiary/aromatic N) is 1. The van der Waals surface area contributed by atoms with Crippen molar-refractivity contribution < 1.29 is 0 Å². The Morgan fingerprint density at radius 2 is 2.18 bits per heavy atom. The SMILES string of the molecule is Clc1ccc(C2CN2)c(Cl)n1. The van der Waals surface area contributed by atoms with E-state index >= 15 is 0 Å². The Labute approximate surface area is 74.5 Å². The molecule has 0 spiro atoms. The van der Waals surface area contributed by atoms with Crippen LogP contribution in [0.2, 0.25) is 10.3 Å². The molecule has 1 N–H and O–H groups in total. The van der Waals surface area contributed by atoms with Gasteiger partial charge in [0.25, 0.3) is 0 Å². The van der Waals surface area contributed by atoms with E-state index in [4.69, 9.17) is 23.2 Å². The third-order valence-electron chi connectivity index (χ3n) is 1.63. The molecule has 1 aliphatic heterocycles. The van der Waals surface area contributed by atoms with Gasteiger partial charge in [-0.05, 0) is 6.07 Å². The normalized spacial score (nSPS) is 21.8. The number of rotatable bonds is 1. The molecule has 11 heavy (non-hydrogen) atoms. The lowest BCUT2D eigenvalue weighted by molar-refractivity contribution is 1.05. The highest BCUT2D eigenvalue weighted by Gasteiger charge is 2.25. The van der Waals surface area contributed by atoms with Crippen LogP contribution >= 0.6 is 23.2 Å². The van der Waals surface area contributed by atoms with Crippen molar-refractivity contribution in [2.75, 3.05) is 6.54 Å². The average Bonchev–Trinajstić information content (AvgIpc) is 2.70. The monoisotopic (exact) mass is 188 g/mol. The van der Waals surface area contributed by atoms with E-state index in [0.717, 1.165) is 12.1 Å². The van der Waals surface area contributed by atoms with Crippen LogP contribution in [0, 0.1) is 0 Å². The molecule has 1 unspecified atom stereocenters. The van der Waals surface area contributed by atoms with Gasteiger partial charge in [0.05, 0.1) is 0 Å². The van der Waals surface area contributed by atoms with Crippen LogP contribution < -0.4 is 5.32 Å². The van der Waals surface area contributed by atoms with Gasteiger partial charge in [0.15, 0.2) is 0 Å². The fourth-order valence-electron chi connectivity index (χ4n) is 0.962. The molecule has 0 amide bonds. The molecule has 0 aromatic carbocycles. The van der Waals surface area contributed by atoms with Crippen molar-refractivity contribution in [3.8, 4) is 0 Å². The minimum absolute atomic E-state index is 0.396. The Hall–Kier alpha value is -0.310. The van der Waals surface area contributed by atoms with Gasteiger partial charge in [-0.3, -0.25) is 0 Å². The molecule has 1 atom stereocenters. The summed E-state index contributed by atoms with van der Waals surface area (Å²) in [6, 6.07) is 4.05. The number of aromatic nitrogens is 1. The first-order chi connectivity index (χ1) is 5.27. The van der Waals surface area contributed by atoms with Crippen molar-refractivity contribution in [2.45, 2.75) is 6.04 Å². The first-order valence-corrected chi connectivity index (χ1v) is 4.08. The molecule has 0 aliphatic carbocycles. The maximum Gasteiger partial charge on any atom is 0.135 e. The number of hydrogen-bond acceptors (Lipinski definition) is 2. The van der Waals surface area contributed by atoms with Gasteiger partial charge in [0.2, 0.25) is 0 Å². The average molecular weight is 189 g/mol. The number of nitrogens with one attached hydrogen (secondary N) is 1. The summed E-state index contributed by atoms with van der Waals surface area (Å²) in [4.78, 5) is 3.93. The topological polar surface area (TPSA) is 34.8 Å². The van der Waals surface area contributed by atoms with Crippen LogP contribution in [0.1, 0.15) is 11.6 Å². The molecule has 1 aliphatic rings. The fourth-order valence-corrected chi connectivity index (χ4v) is 1.44. The predicted octanol–water partition coefficient (Wildman–Crippen LogP) is 2.03. The molecule has 0 radical (unpaired) electrons. The molecule has 1 saturated heterocycles. The Morgan fingerprint density at radius 1 is 1.45 bits per heavy atom. The fraction of sp³-hybridized carbons (Fsp3) is 0.286. The van der Waals surface area contributed by atoms with Crippen LogP contribution in [0.5, 0.6) is 0 Å². The molecule has 2 rings (SSSR count). The van der Waals surface area contributed by atoms with Crippen LogP contribution in [0.3, 0.4) is 0 Å². The van der Waals surface area contributed by atoms with Crippen LogP contribution in [-0.2, 0) is 0 Å². The molecule has 2 heterocycles. The van der Waals surface area contributed by atoms with Crippen LogP contribution in [0.25, 0.3) is 0 Å². The van der Waals surface area contributed by atoms with Gasteiger partial charge in [-0.1, -0.05) is 29.3 Å². The van der Waals surface area contributed by atoms with Crippen molar-refractivity contribution in [3.63, 3.8) is 0 Å². The van der Waals surface area contributed by atoms with Crippen molar-refractivity contribution in [1.29, 1.82) is 0 Å². The number of hydrogen-bond donors (Lipinski definition) is 1. The standard InChI is InChI=1S/C7H6Cl2N2/c8-6-2-1-4(5-3-10-5)7(9)11-6/h1-2,5,10H,3H2. The van der Waals surface area contributed by atoms with Gasteiger partial charge in [-0.25, -0.2) is 4.98 Å². The van der Waals surface area contributed by atoms with E-state index in [2.05, 4.69) is 10.3 Å². The molecule has 4 heteroatoms. The molecule has 1 aromatic rings. The quantitative estimate of drug-likeness (QED) is 0.541. The van der Waals surface area contributed by atoms with Crippen molar-refractivity contribution in [1.82, 2.24) is 10.3 Å². The van der Waals surface area contributed by atoms with E-state index in [9.17, 15) is 0 Å². The zero-order chi connectivity index (χ0) is 7.84.